The molecule has 1 saturated carbocycles. The third-order valence-electron chi connectivity index (χ3n) is 5.45. The molecule has 2 aliphatic rings. The Morgan fingerprint density at radius 2 is 1.67 bits per heavy atom. The van der Waals surface area contributed by atoms with E-state index in [4.69, 9.17) is 0 Å². The first-order valence-corrected chi connectivity index (χ1v) is 10.6. The largest absolute Gasteiger partial charge is 0.355 e. The van der Waals surface area contributed by atoms with Gasteiger partial charge in [0.2, 0.25) is 5.91 Å². The third kappa shape index (κ3) is 9.15. The fourth-order valence-corrected chi connectivity index (χ4v) is 3.87. The lowest BCUT2D eigenvalue weighted by atomic mass is 9.97. The number of likely N-dealkylation sites (tertiary alicyclic amines) is 1. The Hall–Kier alpha value is -1.01. The maximum atomic E-state index is 12.4. The van der Waals surface area contributed by atoms with Gasteiger partial charge < -0.3 is 20.9 Å². The molecule has 1 heterocycles. The summed E-state index contributed by atoms with van der Waals surface area (Å²) in [6.07, 6.45) is 9.65. The lowest BCUT2D eigenvalue weighted by molar-refractivity contribution is -0.126. The second-order valence-corrected chi connectivity index (χ2v) is 8.30. The van der Waals surface area contributed by atoms with Crippen LogP contribution in [0.3, 0.4) is 0 Å². The van der Waals surface area contributed by atoms with E-state index < -0.39 is 0 Å². The molecule has 0 spiro atoms. The van der Waals surface area contributed by atoms with E-state index in [9.17, 15) is 9.59 Å². The number of amides is 3. The summed E-state index contributed by atoms with van der Waals surface area (Å²) in [6, 6.07) is 0.579. The summed E-state index contributed by atoms with van der Waals surface area (Å²) in [5.41, 5.74) is 0. The smallest absolute Gasteiger partial charge is 0.317 e. The minimum atomic E-state index is -0.0774. The molecule has 1 saturated heterocycles. The molecule has 1 aliphatic heterocycles. The lowest BCUT2D eigenvalue weighted by Gasteiger charge is -2.32. The van der Waals surface area contributed by atoms with Crippen LogP contribution >= 0.6 is 12.4 Å². The van der Waals surface area contributed by atoms with Crippen LogP contribution in [0.1, 0.15) is 65.2 Å². The van der Waals surface area contributed by atoms with Crippen LogP contribution in [0, 0.1) is 11.8 Å². The molecule has 3 N–H and O–H groups in total. The molecule has 1 aliphatic carbocycles. The van der Waals surface area contributed by atoms with E-state index in [1.165, 1.54) is 38.5 Å². The van der Waals surface area contributed by atoms with Crippen molar-refractivity contribution >= 4 is 24.3 Å². The first kappa shape index (κ1) is 24.0. The number of halogens is 1. The Bertz CT molecular complexity index is 440. The Morgan fingerprint density at radius 3 is 2.33 bits per heavy atom. The SMILES string of the molecule is CC(C)CNC(=O)N1CCCC(C(=O)NCCNC2CCCCCC2)C1.Cl. The van der Waals surface area contributed by atoms with Gasteiger partial charge >= 0.3 is 6.03 Å². The number of hydrogen-bond donors (Lipinski definition) is 3. The average Bonchev–Trinajstić information content (AvgIpc) is 2.92. The number of nitrogens with zero attached hydrogens (tertiary/aromatic N) is 1. The number of rotatable bonds is 7. The third-order valence-corrected chi connectivity index (χ3v) is 5.45. The molecule has 27 heavy (non-hydrogen) atoms. The molecule has 3 amide bonds. The number of carbonyl (C=O) groups is 2. The van der Waals surface area contributed by atoms with Gasteiger partial charge in [0.15, 0.2) is 0 Å². The van der Waals surface area contributed by atoms with Gasteiger partial charge in [0.1, 0.15) is 0 Å². The van der Waals surface area contributed by atoms with Gasteiger partial charge in [0.25, 0.3) is 0 Å². The van der Waals surface area contributed by atoms with Gasteiger partial charge in [0.05, 0.1) is 5.92 Å². The van der Waals surface area contributed by atoms with Crippen LogP contribution in [0.2, 0.25) is 0 Å². The van der Waals surface area contributed by atoms with E-state index in [0.29, 0.717) is 31.6 Å². The molecule has 2 fully saturated rings. The Morgan fingerprint density at radius 1 is 0.963 bits per heavy atom. The highest BCUT2D eigenvalue weighted by molar-refractivity contribution is 5.85. The minimum Gasteiger partial charge on any atom is -0.355 e. The zero-order valence-electron chi connectivity index (χ0n) is 17.1. The first-order chi connectivity index (χ1) is 12.6. The van der Waals surface area contributed by atoms with Crippen molar-refractivity contribution in [1.82, 2.24) is 20.9 Å². The van der Waals surface area contributed by atoms with Crippen molar-refractivity contribution in [2.75, 3.05) is 32.7 Å². The molecule has 0 aromatic heterocycles. The summed E-state index contributed by atoms with van der Waals surface area (Å²) in [6.45, 7) is 7.63. The van der Waals surface area contributed by atoms with E-state index >= 15 is 0 Å². The normalized spacial score (nSPS) is 21.3. The molecular weight excluding hydrogens is 364 g/mol. The molecule has 158 valence electrons. The molecular formula is C20H39ClN4O2. The minimum absolute atomic E-state index is 0. The Labute approximate surface area is 171 Å². The predicted molar refractivity (Wildman–Crippen MR) is 112 cm³/mol. The first-order valence-electron chi connectivity index (χ1n) is 10.6. The fraction of sp³-hybridized carbons (Fsp3) is 0.900. The maximum absolute atomic E-state index is 12.4. The van der Waals surface area contributed by atoms with Gasteiger partial charge in [0, 0.05) is 38.8 Å². The second-order valence-electron chi connectivity index (χ2n) is 8.30. The zero-order chi connectivity index (χ0) is 18.8. The predicted octanol–water partition coefficient (Wildman–Crippen LogP) is 2.91. The van der Waals surface area contributed by atoms with Crippen molar-refractivity contribution in [3.63, 3.8) is 0 Å². The van der Waals surface area contributed by atoms with Crippen LogP contribution in [-0.4, -0.2) is 55.6 Å². The number of urea groups is 1. The van der Waals surface area contributed by atoms with Crippen molar-refractivity contribution in [2.45, 2.75) is 71.3 Å². The number of hydrogen-bond acceptors (Lipinski definition) is 3. The van der Waals surface area contributed by atoms with Crippen molar-refractivity contribution < 1.29 is 9.59 Å². The van der Waals surface area contributed by atoms with Gasteiger partial charge in [-0.15, -0.1) is 12.4 Å². The monoisotopic (exact) mass is 402 g/mol. The van der Waals surface area contributed by atoms with Crippen molar-refractivity contribution in [2.24, 2.45) is 11.8 Å². The van der Waals surface area contributed by atoms with Gasteiger partial charge in [-0.3, -0.25) is 4.79 Å². The summed E-state index contributed by atoms with van der Waals surface area (Å²) >= 11 is 0. The summed E-state index contributed by atoms with van der Waals surface area (Å²) < 4.78 is 0. The average molecular weight is 403 g/mol. The lowest BCUT2D eigenvalue weighted by Crippen LogP contribution is -2.50. The molecule has 0 radical (unpaired) electrons. The van der Waals surface area contributed by atoms with E-state index in [0.717, 1.165) is 25.9 Å². The van der Waals surface area contributed by atoms with E-state index in [1.54, 1.807) is 4.90 Å². The van der Waals surface area contributed by atoms with E-state index in [2.05, 4.69) is 29.8 Å². The van der Waals surface area contributed by atoms with Gasteiger partial charge in [-0.2, -0.15) is 0 Å². The molecule has 7 heteroatoms. The highest BCUT2D eigenvalue weighted by atomic mass is 35.5. The zero-order valence-corrected chi connectivity index (χ0v) is 17.9. The Kier molecular flexibility index (Phi) is 11.8. The summed E-state index contributed by atoms with van der Waals surface area (Å²) in [7, 11) is 0. The van der Waals surface area contributed by atoms with E-state index in [-0.39, 0.29) is 30.3 Å². The van der Waals surface area contributed by atoms with Crippen LogP contribution in [0.15, 0.2) is 0 Å². The van der Waals surface area contributed by atoms with Crippen molar-refractivity contribution in [3.05, 3.63) is 0 Å². The number of carbonyl (C=O) groups excluding carboxylic acids is 2. The standard InChI is InChI=1S/C20H38N4O2.ClH/c1-16(2)14-23-20(26)24-13-7-8-17(15-24)19(25)22-12-11-21-18-9-5-3-4-6-10-18;/h16-18,21H,3-15H2,1-2H3,(H,22,25)(H,23,26);1H. The fourth-order valence-electron chi connectivity index (χ4n) is 3.87. The number of nitrogens with one attached hydrogen (secondary N) is 3. The molecule has 0 aromatic carbocycles. The van der Waals surface area contributed by atoms with Crippen LogP contribution < -0.4 is 16.0 Å². The van der Waals surface area contributed by atoms with E-state index in [1.807, 2.05) is 0 Å². The quantitative estimate of drug-likeness (QED) is 0.452. The second kappa shape index (κ2) is 13.2. The number of piperidine rings is 1. The van der Waals surface area contributed by atoms with Gasteiger partial charge in [-0.25, -0.2) is 4.79 Å². The maximum Gasteiger partial charge on any atom is 0.317 e. The molecule has 2 rings (SSSR count). The highest BCUT2D eigenvalue weighted by Crippen LogP contribution is 2.18. The highest BCUT2D eigenvalue weighted by Gasteiger charge is 2.28. The van der Waals surface area contributed by atoms with Crippen LogP contribution in [-0.2, 0) is 4.79 Å². The van der Waals surface area contributed by atoms with Crippen LogP contribution in [0.5, 0.6) is 0 Å². The van der Waals surface area contributed by atoms with Crippen LogP contribution in [0.4, 0.5) is 4.79 Å². The summed E-state index contributed by atoms with van der Waals surface area (Å²) in [4.78, 5) is 26.4. The van der Waals surface area contributed by atoms with Crippen molar-refractivity contribution in [1.29, 1.82) is 0 Å². The van der Waals surface area contributed by atoms with Gasteiger partial charge in [-0.1, -0.05) is 39.5 Å². The summed E-state index contributed by atoms with van der Waals surface area (Å²) in [5, 5.41) is 9.59. The molecule has 6 nitrogen and oxygen atoms in total. The topological polar surface area (TPSA) is 73.5 Å². The molecule has 0 bridgehead atoms. The molecule has 1 atom stereocenters. The van der Waals surface area contributed by atoms with Gasteiger partial charge in [-0.05, 0) is 31.6 Å². The van der Waals surface area contributed by atoms with Crippen molar-refractivity contribution in [3.8, 4) is 0 Å². The molecule has 0 aromatic rings. The van der Waals surface area contributed by atoms with Crippen LogP contribution in [0.25, 0.3) is 0 Å². The summed E-state index contributed by atoms with van der Waals surface area (Å²) in [5.74, 6) is 0.448. The molecule has 1 unspecified atom stereocenters. The Balaban J connectivity index is 0.00000364.